The van der Waals surface area contributed by atoms with Crippen LogP contribution in [0.4, 0.5) is 11.4 Å². The number of benzene rings is 4. The molecule has 6 aromatic rings. The molecule has 2 aromatic heterocycles. The van der Waals surface area contributed by atoms with E-state index in [1.54, 1.807) is 60.7 Å². The fourth-order valence-electron chi connectivity index (χ4n) is 6.97. The minimum Gasteiger partial charge on any atom is -0.411 e. The Morgan fingerprint density at radius 3 is 1.57 bits per heavy atom. The van der Waals surface area contributed by atoms with Crippen LogP contribution >= 0.6 is 30.9 Å². The predicted octanol–water partition coefficient (Wildman–Crippen LogP) is 13.4. The molecule has 67 heavy (non-hydrogen) atoms. The molecule has 6 rings (SSSR count). The largest absolute Gasteiger partial charge is 0.525 e. The molecule has 3 N–H and O–H groups in total. The number of fused-ring (bicyclic) bond motifs is 2. The summed E-state index contributed by atoms with van der Waals surface area (Å²) in [6.45, 7) is 15.0. The number of halogens is 2. The number of pyridine rings is 2. The van der Waals surface area contributed by atoms with E-state index in [9.17, 15) is 4.57 Å². The highest BCUT2D eigenvalue weighted by atomic mass is 35.5. The Hall–Kier alpha value is -5.79. The molecule has 0 saturated heterocycles. The maximum atomic E-state index is 12.3. The van der Waals surface area contributed by atoms with Gasteiger partial charge in [-0.3, -0.25) is 9.97 Å². The molecule has 2 unspecified atom stereocenters. The number of anilines is 2. The smallest absolute Gasteiger partial charge is 0.411 e. The summed E-state index contributed by atoms with van der Waals surface area (Å²) in [6, 6.07) is 33.1. The number of aromatic nitrogens is 2. The van der Waals surface area contributed by atoms with E-state index >= 15 is 0 Å². The number of hydrogen-bond donors (Lipinski definition) is 3. The second kappa shape index (κ2) is 29.8. The number of nitrogens with zero attached hydrogens (tertiary/aromatic N) is 10. The lowest BCUT2D eigenvalue weighted by molar-refractivity contribution is 0.199. The Kier molecular flexibility index (Phi) is 23.9. The van der Waals surface area contributed by atoms with Crippen LogP contribution < -0.4 is 19.7 Å². The van der Waals surface area contributed by atoms with Gasteiger partial charge in [-0.15, -0.1) is 0 Å². The molecule has 4 aromatic carbocycles. The fraction of sp³-hybridized carbons (Fsp3) is 0.375. The van der Waals surface area contributed by atoms with E-state index in [1.165, 1.54) is 0 Å². The van der Waals surface area contributed by atoms with Crippen LogP contribution in [0.3, 0.4) is 0 Å². The van der Waals surface area contributed by atoms with Crippen molar-refractivity contribution in [2.24, 2.45) is 10.00 Å². The topological polar surface area (TPSA) is 210 Å². The first-order valence-corrected chi connectivity index (χ1v) is 24.6. The van der Waals surface area contributed by atoms with Crippen molar-refractivity contribution in [3.05, 3.63) is 153 Å². The molecule has 0 saturated carbocycles. The highest BCUT2D eigenvalue weighted by Crippen LogP contribution is 2.50. The van der Waals surface area contributed by atoms with Crippen molar-refractivity contribution in [3.63, 3.8) is 0 Å². The van der Waals surface area contributed by atoms with Gasteiger partial charge in [-0.25, -0.2) is 4.57 Å². The van der Waals surface area contributed by atoms with Crippen molar-refractivity contribution in [3.8, 4) is 11.5 Å². The summed E-state index contributed by atoms with van der Waals surface area (Å²) in [6.07, 6.45) is 7.97. The summed E-state index contributed by atoms with van der Waals surface area (Å²) in [4.78, 5) is 21.8. The van der Waals surface area contributed by atoms with Crippen LogP contribution in [0.2, 0.25) is 10.0 Å². The number of aliphatic hydroxyl groups excluding tert-OH is 1. The van der Waals surface area contributed by atoms with E-state index in [-0.39, 0.29) is 6.61 Å². The number of azide groups is 2. The van der Waals surface area contributed by atoms with Crippen LogP contribution in [0, 0.1) is 0 Å². The number of para-hydroxylation sites is 2. The van der Waals surface area contributed by atoms with Crippen molar-refractivity contribution in [1.29, 1.82) is 0 Å². The van der Waals surface area contributed by atoms with Gasteiger partial charge in [0.15, 0.2) is 0 Å². The summed E-state index contributed by atoms with van der Waals surface area (Å²) in [5, 5.41) is 23.4. The molecule has 356 valence electrons. The van der Waals surface area contributed by atoms with E-state index in [2.05, 4.69) is 77.9 Å². The molecular weight excluding hydrogens is 910 g/mol. The molecule has 0 amide bonds. The molecule has 0 aliphatic heterocycles. The molecule has 16 nitrogen and oxygen atoms in total. The molecule has 0 radical (unpaired) electrons. The zero-order valence-corrected chi connectivity index (χ0v) is 40.9. The van der Waals surface area contributed by atoms with E-state index in [1.807, 2.05) is 60.9 Å². The van der Waals surface area contributed by atoms with Gasteiger partial charge < -0.3 is 34.6 Å². The van der Waals surface area contributed by atoms with Crippen molar-refractivity contribution in [2.75, 3.05) is 63.1 Å². The minimum atomic E-state index is -3.95. The Morgan fingerprint density at radius 1 is 0.687 bits per heavy atom. The summed E-state index contributed by atoms with van der Waals surface area (Å²) in [5.74, 6) is 0.600. The number of rotatable bonds is 24. The van der Waals surface area contributed by atoms with Crippen LogP contribution in [-0.2, 0) is 4.57 Å². The third-order valence-electron chi connectivity index (χ3n) is 10.4. The zero-order chi connectivity index (χ0) is 48.3. The molecule has 2 heterocycles. The second-order valence-corrected chi connectivity index (χ2v) is 17.8. The summed E-state index contributed by atoms with van der Waals surface area (Å²) >= 11 is 12.1. The van der Waals surface area contributed by atoms with Gasteiger partial charge >= 0.3 is 7.75 Å². The SMILES string of the molecule is CCN(CCCC(C)Nc1ccnc2cc(Cl)ccc12)CCN=[N+]=[N-].CCN(CCO)CCCC(C)Nc1ccnc2cc(Cl)ccc12.[N-]=[N+]=NP(=O)(Oc1ccccc1)Oc1ccccc1. The third-order valence-corrected chi connectivity index (χ3v) is 12.1. The zero-order valence-electron chi connectivity index (χ0n) is 38.5. The summed E-state index contributed by atoms with van der Waals surface area (Å²) in [7, 11) is -3.95. The molecule has 0 spiro atoms. The average Bonchev–Trinajstić information content (AvgIpc) is 3.32. The number of aliphatic hydroxyl groups is 1. The molecule has 0 aliphatic carbocycles. The lowest BCUT2D eigenvalue weighted by Gasteiger charge is -2.21. The van der Waals surface area contributed by atoms with Crippen molar-refractivity contribution < 1.29 is 18.7 Å². The Balaban J connectivity index is 0.000000221. The first kappa shape index (κ1) is 53.8. The van der Waals surface area contributed by atoms with Gasteiger partial charge in [0.2, 0.25) is 0 Å². The van der Waals surface area contributed by atoms with E-state index in [4.69, 9.17) is 48.4 Å². The number of hydrogen-bond acceptors (Lipinski definition) is 11. The fourth-order valence-corrected chi connectivity index (χ4v) is 8.29. The lowest BCUT2D eigenvalue weighted by atomic mass is 10.1. The van der Waals surface area contributed by atoms with Gasteiger partial charge in [0.05, 0.1) is 17.6 Å². The normalized spacial score (nSPS) is 11.8. The summed E-state index contributed by atoms with van der Waals surface area (Å²) in [5.41, 5.74) is 20.8. The molecule has 2 atom stereocenters. The van der Waals surface area contributed by atoms with Crippen LogP contribution in [0.15, 0.2) is 132 Å². The maximum Gasteiger partial charge on any atom is 0.525 e. The van der Waals surface area contributed by atoms with Gasteiger partial charge in [0, 0.05) is 91.0 Å². The lowest BCUT2D eigenvalue weighted by Crippen LogP contribution is -2.28. The maximum absolute atomic E-state index is 12.3. The van der Waals surface area contributed by atoms with E-state index in [0.29, 0.717) is 40.2 Å². The van der Waals surface area contributed by atoms with E-state index < -0.39 is 7.75 Å². The van der Waals surface area contributed by atoms with E-state index in [0.717, 1.165) is 98.1 Å². The molecular formula is C48H61Cl2N12O4P. The Bertz CT molecular complexity index is 2490. The van der Waals surface area contributed by atoms with Crippen LogP contribution in [0.25, 0.3) is 42.7 Å². The number of likely N-dealkylation sites (N-methyl/N-ethyl adjacent to an activating group) is 2. The monoisotopic (exact) mass is 970 g/mol. The van der Waals surface area contributed by atoms with Gasteiger partial charge in [0.1, 0.15) is 11.5 Å². The van der Waals surface area contributed by atoms with Crippen LogP contribution in [-0.4, -0.2) is 89.4 Å². The first-order valence-electron chi connectivity index (χ1n) is 22.3. The molecule has 0 fully saturated rings. The van der Waals surface area contributed by atoms with Gasteiger partial charge in [-0.1, -0.05) is 78.6 Å². The second-order valence-electron chi connectivity index (χ2n) is 15.4. The third kappa shape index (κ3) is 19.5. The standard InChI is InChI=1S/C18H25ClN6.C18H26ClN3O.C12H10N3O3P/c1-3-25(12-10-22-24-20)11-4-5-14(2)23-17-8-9-21-18-13-15(19)6-7-16(17)18;1-3-22(11-12-23)10-4-5-14(2)21-17-8-9-20-18-13-15(19)6-7-16(17)18;13-14-15-19(16,17-11-7-3-1-4-8-11)18-12-9-5-2-6-10-12/h6-9,13-14H,3-5,10-12H2,1-2H3,(H,21,23);6-9,13-14,23H,3-5,10-12H2,1-2H3,(H,20,21);1-10H. The predicted molar refractivity (Wildman–Crippen MR) is 274 cm³/mol. The van der Waals surface area contributed by atoms with Crippen molar-refractivity contribution >= 4 is 64.1 Å². The number of nitrogens with one attached hydrogen (secondary N) is 2. The first-order chi connectivity index (χ1) is 32.5. The Labute approximate surface area is 403 Å². The van der Waals surface area contributed by atoms with Crippen molar-refractivity contribution in [1.82, 2.24) is 19.8 Å². The van der Waals surface area contributed by atoms with Crippen LogP contribution in [0.5, 0.6) is 11.5 Å². The van der Waals surface area contributed by atoms with Crippen molar-refractivity contribution in [2.45, 2.75) is 65.5 Å². The van der Waals surface area contributed by atoms with Gasteiger partial charge in [0.25, 0.3) is 0 Å². The minimum absolute atomic E-state index is 0.229. The average molecular weight is 972 g/mol. The highest BCUT2D eigenvalue weighted by molar-refractivity contribution is 7.53. The van der Waals surface area contributed by atoms with Gasteiger partial charge in [-0.05, 0) is 150 Å². The Morgan fingerprint density at radius 2 is 1.15 bits per heavy atom. The van der Waals surface area contributed by atoms with Crippen LogP contribution in [0.1, 0.15) is 53.4 Å². The van der Waals surface area contributed by atoms with Gasteiger partial charge in [-0.2, -0.15) is 0 Å². The quantitative estimate of drug-likeness (QED) is 0.0226. The summed E-state index contributed by atoms with van der Waals surface area (Å²) < 4.78 is 22.6. The molecule has 0 aliphatic rings. The highest BCUT2D eigenvalue weighted by Gasteiger charge is 2.26. The molecule has 0 bridgehead atoms. The molecule has 19 heteroatoms.